The fourth-order valence-electron chi connectivity index (χ4n) is 0.642. The van der Waals surface area contributed by atoms with E-state index in [4.69, 9.17) is 0 Å². The molecule has 0 spiro atoms. The first-order chi connectivity index (χ1) is 5.00. The normalized spacial score (nSPS) is 21.8. The Labute approximate surface area is 81.3 Å². The van der Waals surface area contributed by atoms with Crippen molar-refractivity contribution in [2.24, 2.45) is 0 Å². The van der Waals surface area contributed by atoms with Crippen LogP contribution in [0.25, 0.3) is 0 Å². The second-order valence-electron chi connectivity index (χ2n) is 1.92. The zero-order valence-electron chi connectivity index (χ0n) is 6.11. The Hall–Kier alpha value is 0.506. The number of hydrogen-bond acceptors (Lipinski definition) is 0. The molecule has 2 aliphatic rings. The third kappa shape index (κ3) is 6.89. The zero-order chi connectivity index (χ0) is 7.07. The summed E-state index contributed by atoms with van der Waals surface area (Å²) in [5.74, 6) is 0. The minimum Gasteiger partial charge on any atom is -0.0312 e. The molecule has 0 unspecified atom stereocenters. The summed E-state index contributed by atoms with van der Waals surface area (Å²) in [4.78, 5) is 0. The van der Waals surface area contributed by atoms with Crippen LogP contribution in [0.2, 0.25) is 0 Å². The third-order valence-corrected chi connectivity index (χ3v) is 1.11. The molecule has 0 aromatic carbocycles. The molecule has 0 aromatic rings. The number of rotatable bonds is 0. The summed E-state index contributed by atoms with van der Waals surface area (Å²) in [6.45, 7) is 0. The van der Waals surface area contributed by atoms with Crippen LogP contribution < -0.4 is 0 Å². The van der Waals surface area contributed by atoms with Crippen LogP contribution in [-0.4, -0.2) is 0 Å². The van der Waals surface area contributed by atoms with E-state index in [1.165, 1.54) is 0 Å². The summed E-state index contributed by atoms with van der Waals surface area (Å²) >= 11 is 0. The van der Waals surface area contributed by atoms with Crippen molar-refractivity contribution in [1.29, 1.82) is 0 Å². The first-order valence-corrected chi connectivity index (χ1v) is 3.33. The summed E-state index contributed by atoms with van der Waals surface area (Å²) in [6, 6.07) is 0. The standard InChI is InChI=1S/2C5H5.Co/c2*1-2-4-5-3-1;/h2*1-5H;/q;;+3. The van der Waals surface area contributed by atoms with E-state index in [0.717, 1.165) is 0 Å². The zero-order valence-corrected chi connectivity index (χ0v) is 7.15. The molecule has 0 heterocycles. The first kappa shape index (κ1) is 11.5. The fraction of sp³-hybridized carbons (Fsp3) is 0. The molecule has 0 atom stereocenters. The van der Waals surface area contributed by atoms with E-state index in [-0.39, 0.29) is 16.8 Å². The molecule has 0 nitrogen and oxygen atoms in total. The molecule has 0 bridgehead atoms. The summed E-state index contributed by atoms with van der Waals surface area (Å²) in [5, 5.41) is 0. The van der Waals surface area contributed by atoms with Gasteiger partial charge >= 0.3 is 16.8 Å². The molecule has 0 saturated heterocycles. The van der Waals surface area contributed by atoms with Crippen molar-refractivity contribution in [1.82, 2.24) is 0 Å². The van der Waals surface area contributed by atoms with Crippen LogP contribution in [0, 0.1) is 64.2 Å². The Morgan fingerprint density at radius 3 is 0.455 bits per heavy atom. The average molecular weight is 189 g/mol. The van der Waals surface area contributed by atoms with Gasteiger partial charge in [-0.25, -0.2) is 0 Å². The Balaban J connectivity index is 0.000000167. The van der Waals surface area contributed by atoms with Gasteiger partial charge in [-0.15, -0.1) is 0 Å². The van der Waals surface area contributed by atoms with Gasteiger partial charge in [0.1, 0.15) is 0 Å². The molecular weight excluding hydrogens is 179 g/mol. The molecule has 0 amide bonds. The molecule has 10 radical (unpaired) electrons. The van der Waals surface area contributed by atoms with E-state index in [0.29, 0.717) is 0 Å². The molecule has 56 valence electrons. The van der Waals surface area contributed by atoms with Gasteiger partial charge in [0.2, 0.25) is 0 Å². The summed E-state index contributed by atoms with van der Waals surface area (Å²) in [7, 11) is 0. The van der Waals surface area contributed by atoms with Crippen LogP contribution in [0.15, 0.2) is 0 Å². The molecule has 0 aromatic heterocycles. The van der Waals surface area contributed by atoms with E-state index in [2.05, 4.69) is 0 Å². The third-order valence-electron chi connectivity index (χ3n) is 1.11. The average Bonchev–Trinajstić information content (AvgIpc) is 2.67. The van der Waals surface area contributed by atoms with Gasteiger partial charge in [-0.2, -0.15) is 0 Å². The Kier molecular flexibility index (Phi) is 9.00. The molecule has 0 aliphatic heterocycles. The minimum absolute atomic E-state index is 0. The molecule has 2 saturated carbocycles. The van der Waals surface area contributed by atoms with Crippen LogP contribution in [0.3, 0.4) is 0 Å². The van der Waals surface area contributed by atoms with Crippen molar-refractivity contribution in [2.75, 3.05) is 0 Å². The number of hydrogen-bond donors (Lipinski definition) is 0. The van der Waals surface area contributed by atoms with E-state index in [1.807, 2.05) is 64.2 Å². The van der Waals surface area contributed by atoms with E-state index >= 15 is 0 Å². The van der Waals surface area contributed by atoms with Crippen LogP contribution in [0.5, 0.6) is 0 Å². The van der Waals surface area contributed by atoms with Crippen LogP contribution in [-0.2, 0) is 16.8 Å². The van der Waals surface area contributed by atoms with Gasteiger partial charge in [-0.1, -0.05) is 0 Å². The van der Waals surface area contributed by atoms with Crippen molar-refractivity contribution in [3.8, 4) is 0 Å². The van der Waals surface area contributed by atoms with Crippen molar-refractivity contribution < 1.29 is 16.8 Å². The second kappa shape index (κ2) is 8.60. The molecular formula is C10H10Co+3. The van der Waals surface area contributed by atoms with E-state index in [1.54, 1.807) is 0 Å². The topological polar surface area (TPSA) is 0 Å². The SMILES string of the molecule is [CH]1[CH][CH][CH][CH]1.[CH]1[CH][CH][CH][CH]1.[Co+3]. The Morgan fingerprint density at radius 2 is 0.364 bits per heavy atom. The summed E-state index contributed by atoms with van der Waals surface area (Å²) in [5.41, 5.74) is 0. The van der Waals surface area contributed by atoms with E-state index in [9.17, 15) is 0 Å². The van der Waals surface area contributed by atoms with Crippen molar-refractivity contribution in [3.63, 3.8) is 0 Å². The van der Waals surface area contributed by atoms with Gasteiger partial charge < -0.3 is 0 Å². The summed E-state index contributed by atoms with van der Waals surface area (Å²) < 4.78 is 0. The molecule has 1 heteroatoms. The van der Waals surface area contributed by atoms with Crippen molar-refractivity contribution in [3.05, 3.63) is 64.2 Å². The van der Waals surface area contributed by atoms with Crippen molar-refractivity contribution in [2.45, 2.75) is 0 Å². The van der Waals surface area contributed by atoms with Gasteiger partial charge in [-0.05, 0) is 64.2 Å². The van der Waals surface area contributed by atoms with Crippen LogP contribution in [0.1, 0.15) is 0 Å². The van der Waals surface area contributed by atoms with Crippen LogP contribution in [0.4, 0.5) is 0 Å². The molecule has 11 heavy (non-hydrogen) atoms. The van der Waals surface area contributed by atoms with Gasteiger partial charge in [0.05, 0.1) is 0 Å². The predicted octanol–water partition coefficient (Wildman–Crippen LogP) is 2.04. The maximum atomic E-state index is 2.00. The molecule has 2 rings (SSSR count). The maximum Gasteiger partial charge on any atom is 3.00 e. The first-order valence-electron chi connectivity index (χ1n) is 3.33. The monoisotopic (exact) mass is 189 g/mol. The molecule has 2 fully saturated rings. The smallest absolute Gasteiger partial charge is 0.0312 e. The largest absolute Gasteiger partial charge is 3.00 e. The quantitative estimate of drug-likeness (QED) is 0.547. The maximum absolute atomic E-state index is 2.00. The van der Waals surface area contributed by atoms with E-state index < -0.39 is 0 Å². The predicted molar refractivity (Wildman–Crippen MR) is 43.0 cm³/mol. The fourth-order valence-corrected chi connectivity index (χ4v) is 0.642. The van der Waals surface area contributed by atoms with Gasteiger partial charge in [-0.3, -0.25) is 0 Å². The molecule has 2 aliphatic carbocycles. The Bertz CT molecular complexity index is 38.1. The molecule has 0 N–H and O–H groups in total. The van der Waals surface area contributed by atoms with Crippen LogP contribution >= 0.6 is 0 Å². The second-order valence-corrected chi connectivity index (χ2v) is 1.92. The minimum atomic E-state index is 0. The summed E-state index contributed by atoms with van der Waals surface area (Å²) in [6.07, 6.45) is 20.0. The van der Waals surface area contributed by atoms with Gasteiger partial charge in [0, 0.05) is 0 Å². The van der Waals surface area contributed by atoms with Crippen molar-refractivity contribution >= 4 is 0 Å². The van der Waals surface area contributed by atoms with Gasteiger partial charge in [0.25, 0.3) is 0 Å². The van der Waals surface area contributed by atoms with Gasteiger partial charge in [0.15, 0.2) is 0 Å². The Morgan fingerprint density at radius 1 is 0.273 bits per heavy atom.